The molecule has 0 aliphatic carbocycles. The molecule has 0 saturated heterocycles. The van der Waals surface area contributed by atoms with E-state index in [9.17, 15) is 0 Å². The SMILES string of the molecule is c1ccc(-c2ccc(-c3nc(-c4ccc5ccc6c7ccccc7ccc6c5c4)nc4c3oc3ccccc34)cc2)cc1.c1ccc(-c2cccc(-c3nc4c5ccccc5c5ccccc5c4nc3-c3ccc4ccc5c6ccccc6ccc5c4c3)c2)cc1.c1ccc(-c2nc3cccc(-c4ccc5ccc6c7ccccc7ccc6c5c4)c3nc2-c2ccccc2)cc1. The van der Waals surface area contributed by atoms with Crippen molar-refractivity contribution in [3.8, 4) is 101 Å². The van der Waals surface area contributed by atoms with E-state index < -0.39 is 0 Å². The minimum Gasteiger partial charge on any atom is -0.452 e. The van der Waals surface area contributed by atoms with Crippen LogP contribution in [0.5, 0.6) is 0 Å². The number of nitrogens with zero attached hydrogens (tertiary/aromatic N) is 6. The third-order valence-corrected chi connectivity index (χ3v) is 26.1. The molecule has 0 atom stereocenters. The van der Waals surface area contributed by atoms with Crippen LogP contribution in [0.25, 0.3) is 264 Å². The normalized spacial score (nSPS) is 11.7. The summed E-state index contributed by atoms with van der Waals surface area (Å²) in [5, 5.41) is 28.0. The Labute approximate surface area is 753 Å². The minimum atomic E-state index is 0.681. The lowest BCUT2D eigenvalue weighted by Crippen LogP contribution is -1.98. The van der Waals surface area contributed by atoms with Gasteiger partial charge in [0, 0.05) is 55.1 Å². The van der Waals surface area contributed by atoms with Crippen LogP contribution in [0.3, 0.4) is 0 Å². The maximum absolute atomic E-state index is 6.39. The molecule has 0 fully saturated rings. The highest BCUT2D eigenvalue weighted by Gasteiger charge is 2.24. The Bertz CT molecular complexity index is 9280. The molecule has 7 nitrogen and oxygen atoms in total. The summed E-state index contributed by atoms with van der Waals surface area (Å²) in [5.74, 6) is 0.681. The van der Waals surface area contributed by atoms with E-state index in [0.717, 1.165) is 133 Å². The molecule has 608 valence electrons. The van der Waals surface area contributed by atoms with Gasteiger partial charge in [-0.2, -0.15) is 0 Å². The van der Waals surface area contributed by atoms with Crippen molar-refractivity contribution in [3.63, 3.8) is 0 Å². The zero-order valence-corrected chi connectivity index (χ0v) is 71.0. The summed E-state index contributed by atoms with van der Waals surface area (Å²) in [6.07, 6.45) is 0. The van der Waals surface area contributed by atoms with Crippen molar-refractivity contribution in [1.29, 1.82) is 0 Å². The molecule has 0 bridgehead atoms. The topological polar surface area (TPSA) is 90.5 Å². The second kappa shape index (κ2) is 31.9. The number of benzene rings is 23. The number of hydrogen-bond donors (Lipinski definition) is 0. The third-order valence-electron chi connectivity index (χ3n) is 26.1. The molecule has 0 saturated carbocycles. The van der Waals surface area contributed by atoms with Crippen LogP contribution in [0.15, 0.2) is 465 Å². The summed E-state index contributed by atoms with van der Waals surface area (Å²) in [4.78, 5) is 31.9. The van der Waals surface area contributed by atoms with Crippen molar-refractivity contribution >= 4 is 163 Å². The van der Waals surface area contributed by atoms with Crippen molar-refractivity contribution in [2.75, 3.05) is 0 Å². The summed E-state index contributed by atoms with van der Waals surface area (Å²) < 4.78 is 6.39. The summed E-state index contributed by atoms with van der Waals surface area (Å²) in [5.41, 5.74) is 23.4. The number of para-hydroxylation sites is 2. The Morgan fingerprint density at radius 2 is 0.458 bits per heavy atom. The van der Waals surface area contributed by atoms with Crippen LogP contribution < -0.4 is 0 Å². The average Bonchev–Trinajstić information content (AvgIpc) is 1.17. The molecule has 23 aromatic carbocycles. The van der Waals surface area contributed by atoms with Crippen molar-refractivity contribution in [2.24, 2.45) is 0 Å². The van der Waals surface area contributed by atoms with Gasteiger partial charge in [-0.3, -0.25) is 0 Å². The molecular formula is C124H76N6O. The van der Waals surface area contributed by atoms with Crippen molar-refractivity contribution in [3.05, 3.63) is 461 Å². The zero-order chi connectivity index (χ0) is 86.4. The predicted octanol–water partition coefficient (Wildman–Crippen LogP) is 33.3. The first kappa shape index (κ1) is 76.0. The molecule has 0 aliphatic heterocycles. The number of aromatic nitrogens is 6. The fourth-order valence-electron chi connectivity index (χ4n) is 19.7. The van der Waals surface area contributed by atoms with Gasteiger partial charge in [-0.15, -0.1) is 0 Å². The van der Waals surface area contributed by atoms with Crippen molar-refractivity contribution < 1.29 is 4.42 Å². The molecular weight excluding hydrogens is 1590 g/mol. The van der Waals surface area contributed by atoms with E-state index in [2.05, 4.69) is 425 Å². The highest BCUT2D eigenvalue weighted by Crippen LogP contribution is 2.45. The molecule has 0 spiro atoms. The van der Waals surface area contributed by atoms with Crippen LogP contribution in [0.4, 0.5) is 0 Å². The Hall–Kier alpha value is -17.5. The monoisotopic (exact) mass is 1660 g/mol. The Kier molecular flexibility index (Phi) is 18.5. The molecule has 27 aromatic rings. The highest BCUT2D eigenvalue weighted by atomic mass is 16.3. The molecule has 0 N–H and O–H groups in total. The van der Waals surface area contributed by atoms with E-state index in [1.807, 2.05) is 36.4 Å². The minimum absolute atomic E-state index is 0.681. The largest absolute Gasteiger partial charge is 0.452 e. The van der Waals surface area contributed by atoms with Crippen LogP contribution in [0.1, 0.15) is 0 Å². The first-order valence-corrected chi connectivity index (χ1v) is 44.5. The number of fused-ring (bicyclic) bond motifs is 25. The van der Waals surface area contributed by atoms with Crippen LogP contribution in [0, 0.1) is 0 Å². The van der Waals surface area contributed by atoms with Gasteiger partial charge >= 0.3 is 0 Å². The standard InChI is InChI=1S/C46H28N2.C40H24N2O.C38H24N2/c1-2-11-29(12-3-1)32-14-10-15-33(27-32)43-44(48-46-41-20-9-7-18-37(41)36-17-6-8-19-40(36)45(46)47-43)34-22-21-31-24-25-38-35-16-5-4-13-30(35)23-26-39(38)42(31)28-34;1-2-8-25(9-3-1)26-14-17-29(18-15-26)37-39-38(34-12-6-7-13-36(34)43-39)42-40(41-37)30-19-16-28-21-22-32-31-11-5-4-10-27(31)20-23-33(32)35(28)24-30;1-3-11-27(12-4-1)36-37(28-13-5-2-6-14-28)40-38-31(16-9-17-35(38)39-36)29-19-18-26-21-22-32-30-15-8-7-10-25(30)20-23-33(32)34(26)24-29/h1-28H;1-24H;1-24H. The van der Waals surface area contributed by atoms with Crippen LogP contribution >= 0.6 is 0 Å². The van der Waals surface area contributed by atoms with Gasteiger partial charge in [-0.25, -0.2) is 29.9 Å². The Morgan fingerprint density at radius 1 is 0.145 bits per heavy atom. The second-order valence-corrected chi connectivity index (χ2v) is 33.7. The number of furan rings is 1. The quantitative estimate of drug-likeness (QED) is 0.133. The first-order chi connectivity index (χ1) is 64.9. The van der Waals surface area contributed by atoms with Gasteiger partial charge in [-0.05, 0) is 178 Å². The van der Waals surface area contributed by atoms with E-state index in [4.69, 9.17) is 34.3 Å². The fraction of sp³-hybridized carbons (Fsp3) is 0. The van der Waals surface area contributed by atoms with E-state index >= 15 is 0 Å². The lowest BCUT2D eigenvalue weighted by Gasteiger charge is -2.16. The molecule has 0 amide bonds. The smallest absolute Gasteiger partial charge is 0.180 e. The zero-order valence-electron chi connectivity index (χ0n) is 71.0. The molecule has 0 unspecified atom stereocenters. The van der Waals surface area contributed by atoms with E-state index in [-0.39, 0.29) is 0 Å². The molecule has 7 heteroatoms. The lowest BCUT2D eigenvalue weighted by molar-refractivity contribution is 0.667. The molecule has 4 aromatic heterocycles. The maximum Gasteiger partial charge on any atom is 0.180 e. The summed E-state index contributed by atoms with van der Waals surface area (Å²) in [7, 11) is 0. The van der Waals surface area contributed by atoms with Gasteiger partial charge in [0.05, 0.1) is 44.8 Å². The van der Waals surface area contributed by atoms with Gasteiger partial charge < -0.3 is 4.42 Å². The highest BCUT2D eigenvalue weighted by molar-refractivity contribution is 6.25. The number of hydrogen-bond acceptors (Lipinski definition) is 7. The molecule has 27 rings (SSSR count). The van der Waals surface area contributed by atoms with Gasteiger partial charge in [0.15, 0.2) is 11.4 Å². The van der Waals surface area contributed by atoms with Crippen LogP contribution in [-0.4, -0.2) is 29.9 Å². The summed E-state index contributed by atoms with van der Waals surface area (Å²) >= 11 is 0. The summed E-state index contributed by atoms with van der Waals surface area (Å²) in [6.45, 7) is 0. The average molecular weight is 1670 g/mol. The number of rotatable bonds is 9. The van der Waals surface area contributed by atoms with Crippen molar-refractivity contribution in [2.45, 2.75) is 0 Å². The maximum atomic E-state index is 6.39. The molecule has 4 heterocycles. The predicted molar refractivity (Wildman–Crippen MR) is 550 cm³/mol. The molecule has 131 heavy (non-hydrogen) atoms. The Balaban J connectivity index is 0.000000106. The lowest BCUT2D eigenvalue weighted by atomic mass is 9.93. The fourth-order valence-corrected chi connectivity index (χ4v) is 19.7. The van der Waals surface area contributed by atoms with Gasteiger partial charge in [0.2, 0.25) is 0 Å². The third kappa shape index (κ3) is 13.5. The van der Waals surface area contributed by atoms with Gasteiger partial charge in [-0.1, -0.05) is 419 Å². The first-order valence-electron chi connectivity index (χ1n) is 44.5. The molecule has 0 radical (unpaired) electrons. The Morgan fingerprint density at radius 3 is 0.977 bits per heavy atom. The van der Waals surface area contributed by atoms with Gasteiger partial charge in [0.25, 0.3) is 0 Å². The van der Waals surface area contributed by atoms with Crippen molar-refractivity contribution in [1.82, 2.24) is 29.9 Å². The summed E-state index contributed by atoms with van der Waals surface area (Å²) in [6, 6.07) is 163. The van der Waals surface area contributed by atoms with E-state index in [1.54, 1.807) is 0 Å². The van der Waals surface area contributed by atoms with E-state index in [1.165, 1.54) is 119 Å². The van der Waals surface area contributed by atoms with Crippen LogP contribution in [-0.2, 0) is 0 Å². The van der Waals surface area contributed by atoms with E-state index in [0.29, 0.717) is 11.4 Å². The van der Waals surface area contributed by atoms with Crippen LogP contribution in [0.2, 0.25) is 0 Å². The second-order valence-electron chi connectivity index (χ2n) is 33.7. The molecule has 0 aliphatic rings. The van der Waals surface area contributed by atoms with Gasteiger partial charge in [0.1, 0.15) is 16.8 Å².